The van der Waals surface area contributed by atoms with E-state index in [9.17, 15) is 0 Å². The predicted octanol–water partition coefficient (Wildman–Crippen LogP) is -3.16. The first-order valence-corrected chi connectivity index (χ1v) is 8.21. The minimum Gasteiger partial charge on any atom is -0.481 e. The van der Waals surface area contributed by atoms with Crippen molar-refractivity contribution in [2.45, 2.75) is 59.0 Å². The van der Waals surface area contributed by atoms with Crippen LogP contribution in [0.1, 0.15) is 34.6 Å². The molecule has 17 heteroatoms. The molecule has 0 aliphatic heterocycles. The molecule has 0 radical (unpaired) electrons. The van der Waals surface area contributed by atoms with Crippen LogP contribution >= 0.6 is 0 Å². The molecule has 12 N–H and O–H groups in total. The minimum atomic E-state index is -1.59. The van der Waals surface area contributed by atoms with Crippen molar-refractivity contribution >= 4 is 29.8 Å². The van der Waals surface area contributed by atoms with Crippen LogP contribution in [0.25, 0.3) is 0 Å². The normalized spacial score (nSPS) is 11.6. The molecule has 0 rings (SSSR count). The van der Waals surface area contributed by atoms with Crippen LogP contribution in [-0.4, -0.2) is 118 Å². The topological polar surface area (TPSA) is 314 Å². The molecule has 0 spiro atoms. The number of hydrogen-bond donors (Lipinski definition) is 11. The monoisotopic (exact) mass is 639 g/mol. The van der Waals surface area contributed by atoms with Gasteiger partial charge >= 0.3 is 0 Å². The fourth-order valence-electron chi connectivity index (χ4n) is 0.703. The summed E-state index contributed by atoms with van der Waals surface area (Å²) >= 11 is 0. The van der Waals surface area contributed by atoms with E-state index < -0.39 is 60.9 Å². The maximum Gasteiger partial charge on any atom is 0.300 e. The maximum absolute atomic E-state index is 9.04. The fraction of sp³-hybridized carbons (Fsp3) is 0.688. The second-order valence-corrected chi connectivity index (χ2v) is 5.13. The molecule has 0 fully saturated rings. The molecular formula is C16H35GdNO15. The number of rotatable bonds is 5. The second kappa shape index (κ2) is 35.0. The summed E-state index contributed by atoms with van der Waals surface area (Å²) in [7, 11) is 0. The third kappa shape index (κ3) is 118. The zero-order chi connectivity index (χ0) is 27.6. The molecule has 0 heterocycles. The molecule has 4 unspecified atom stereocenters. The summed E-state index contributed by atoms with van der Waals surface area (Å²) in [5.74, 6) is -4.17. The van der Waals surface area contributed by atoms with Gasteiger partial charge in [-0.1, -0.05) is 0 Å². The molecule has 0 amide bonds. The standard InChI is InChI=1S/C6H15NO5.5C2H4O2.Gd/c7-1-3(9)5(11)6(12)4(10)2-8;5*1-2(3)4;/h3-6,8-12H,1-2,7H2;5*1H3,(H,3,4);. The van der Waals surface area contributed by atoms with Crippen molar-refractivity contribution in [2.75, 3.05) is 13.2 Å². The van der Waals surface area contributed by atoms with Gasteiger partial charge in [-0.3, -0.25) is 24.0 Å². The van der Waals surface area contributed by atoms with Crippen LogP contribution in [0.4, 0.5) is 0 Å². The first-order valence-electron chi connectivity index (χ1n) is 8.21. The molecule has 0 aromatic carbocycles. The number of carbonyl (C=O) groups is 5. The van der Waals surface area contributed by atoms with E-state index in [1.807, 2.05) is 0 Å². The largest absolute Gasteiger partial charge is 0.481 e. The Bertz CT molecular complexity index is 401. The summed E-state index contributed by atoms with van der Waals surface area (Å²) in [6.07, 6.45) is -5.91. The molecule has 0 aliphatic carbocycles. The maximum atomic E-state index is 9.04. The van der Waals surface area contributed by atoms with Crippen LogP contribution in [0.5, 0.6) is 0 Å². The molecule has 0 aliphatic rings. The average Bonchev–Trinajstić information content (AvgIpc) is 2.56. The predicted molar refractivity (Wildman–Crippen MR) is 107 cm³/mol. The number of carboxylic acid groups (broad SMARTS) is 5. The van der Waals surface area contributed by atoms with Crippen molar-refractivity contribution in [3.63, 3.8) is 0 Å². The van der Waals surface area contributed by atoms with E-state index in [0.717, 1.165) is 34.6 Å². The summed E-state index contributed by atoms with van der Waals surface area (Å²) in [6.45, 7) is 4.51. The van der Waals surface area contributed by atoms with E-state index in [-0.39, 0.29) is 46.5 Å². The molecule has 0 aromatic heterocycles. The molecule has 0 saturated heterocycles. The average molecular weight is 639 g/mol. The van der Waals surface area contributed by atoms with Crippen LogP contribution in [0.2, 0.25) is 0 Å². The third-order valence-electron chi connectivity index (χ3n) is 1.57. The number of aliphatic hydroxyl groups excluding tert-OH is 5. The van der Waals surface area contributed by atoms with Crippen LogP contribution in [0.3, 0.4) is 0 Å². The van der Waals surface area contributed by atoms with Gasteiger partial charge in [0.2, 0.25) is 0 Å². The Balaban J connectivity index is -0.0000000541. The Morgan fingerprint density at radius 2 is 0.727 bits per heavy atom. The summed E-state index contributed by atoms with van der Waals surface area (Å²) in [5, 5.41) is 81.2. The van der Waals surface area contributed by atoms with E-state index in [0.29, 0.717) is 0 Å². The second-order valence-electron chi connectivity index (χ2n) is 5.13. The van der Waals surface area contributed by atoms with E-state index in [4.69, 9.17) is 80.8 Å². The summed E-state index contributed by atoms with van der Waals surface area (Å²) in [5.41, 5.74) is 4.99. The number of hydrogen-bond acceptors (Lipinski definition) is 11. The van der Waals surface area contributed by atoms with Crippen LogP contribution in [-0.2, 0) is 24.0 Å². The van der Waals surface area contributed by atoms with Crippen LogP contribution in [0, 0.1) is 39.9 Å². The number of aliphatic hydroxyl groups is 5. The van der Waals surface area contributed by atoms with E-state index in [1.165, 1.54) is 0 Å². The van der Waals surface area contributed by atoms with Crippen molar-refractivity contribution in [1.29, 1.82) is 0 Å². The van der Waals surface area contributed by atoms with Gasteiger partial charge in [0.1, 0.15) is 18.3 Å². The molecule has 0 saturated carbocycles. The fourth-order valence-corrected chi connectivity index (χ4v) is 0.703. The third-order valence-corrected chi connectivity index (χ3v) is 1.57. The van der Waals surface area contributed by atoms with Gasteiger partial charge in [0.05, 0.1) is 12.7 Å². The molecule has 0 bridgehead atoms. The Labute approximate surface area is 222 Å². The van der Waals surface area contributed by atoms with Gasteiger partial charge in [-0.15, -0.1) is 0 Å². The Morgan fingerprint density at radius 3 is 0.848 bits per heavy atom. The van der Waals surface area contributed by atoms with Gasteiger partial charge in [0.15, 0.2) is 0 Å². The Morgan fingerprint density at radius 1 is 0.576 bits per heavy atom. The summed E-state index contributed by atoms with van der Waals surface area (Å²) in [6, 6.07) is 0. The van der Waals surface area contributed by atoms with Gasteiger partial charge in [-0.05, 0) is 0 Å². The number of carboxylic acids is 5. The molecule has 16 nitrogen and oxygen atoms in total. The van der Waals surface area contributed by atoms with Gasteiger partial charge in [-0.25, -0.2) is 0 Å². The first kappa shape index (κ1) is 48.8. The van der Waals surface area contributed by atoms with Crippen molar-refractivity contribution in [3.05, 3.63) is 0 Å². The van der Waals surface area contributed by atoms with Gasteiger partial charge in [0.25, 0.3) is 29.8 Å². The van der Waals surface area contributed by atoms with Gasteiger partial charge in [0, 0.05) is 81.1 Å². The van der Waals surface area contributed by atoms with Crippen LogP contribution in [0.15, 0.2) is 0 Å². The van der Waals surface area contributed by atoms with Crippen LogP contribution < -0.4 is 5.73 Å². The van der Waals surface area contributed by atoms with Crippen molar-refractivity contribution in [1.82, 2.24) is 0 Å². The summed E-state index contributed by atoms with van der Waals surface area (Å²) < 4.78 is 0. The Kier molecular flexibility index (Phi) is 51.8. The van der Waals surface area contributed by atoms with Crippen molar-refractivity contribution in [2.24, 2.45) is 5.73 Å². The SMILES string of the molecule is CC(=O)O.CC(=O)O.CC(=O)O.CC(=O)O.CC(=O)O.NCC(O)C(O)C(O)C(O)CO.[Gd]. The zero-order valence-corrected chi connectivity index (χ0v) is 20.9. The molecule has 33 heavy (non-hydrogen) atoms. The minimum absolute atomic E-state index is 0. The number of aliphatic carboxylic acids is 5. The summed E-state index contributed by atoms with van der Waals surface area (Å²) in [4.78, 5) is 45.0. The van der Waals surface area contributed by atoms with E-state index in [1.54, 1.807) is 0 Å². The molecule has 0 aromatic rings. The number of nitrogens with two attached hydrogens (primary N) is 1. The van der Waals surface area contributed by atoms with Crippen molar-refractivity contribution in [3.8, 4) is 0 Å². The molecule has 202 valence electrons. The smallest absolute Gasteiger partial charge is 0.300 e. The quantitative estimate of drug-likeness (QED) is 0.141. The molecular weight excluding hydrogens is 603 g/mol. The van der Waals surface area contributed by atoms with Gasteiger partial charge in [-0.2, -0.15) is 0 Å². The Hall–Kier alpha value is -1.57. The first-order chi connectivity index (χ1) is 14.2. The van der Waals surface area contributed by atoms with Gasteiger partial charge < -0.3 is 56.8 Å². The zero-order valence-electron chi connectivity index (χ0n) is 18.7. The van der Waals surface area contributed by atoms with Crippen molar-refractivity contribution < 1.29 is 115 Å². The van der Waals surface area contributed by atoms with E-state index in [2.05, 4.69) is 0 Å². The van der Waals surface area contributed by atoms with E-state index >= 15 is 0 Å². The molecule has 4 atom stereocenters.